The van der Waals surface area contributed by atoms with Crippen LogP contribution in [-0.4, -0.2) is 36.3 Å². The first kappa shape index (κ1) is 18.0. The lowest BCUT2D eigenvalue weighted by molar-refractivity contribution is 0.0954. The van der Waals surface area contributed by atoms with Gasteiger partial charge in [0.1, 0.15) is 5.75 Å². The number of carbonyl (C=O) groups excluding carboxylic acids is 1. The zero-order valence-corrected chi connectivity index (χ0v) is 13.3. The molecule has 1 amide bonds. The Morgan fingerprint density at radius 1 is 1.32 bits per heavy atom. The number of nitrogens with two attached hydrogens (primary N) is 1. The molecular weight excluding hydrogens is 304 g/mol. The molecular formula is C15H21ClN4O2. The summed E-state index contributed by atoms with van der Waals surface area (Å²) in [5.41, 5.74) is 7.55. The summed E-state index contributed by atoms with van der Waals surface area (Å²) in [4.78, 5) is 12.2. The number of hydrogen-bond acceptors (Lipinski definition) is 4. The summed E-state index contributed by atoms with van der Waals surface area (Å²) in [7, 11) is 1.62. The van der Waals surface area contributed by atoms with Gasteiger partial charge in [-0.25, -0.2) is 0 Å². The highest BCUT2D eigenvalue weighted by Gasteiger charge is 2.14. The Balaban J connectivity index is 0.00000242. The summed E-state index contributed by atoms with van der Waals surface area (Å²) in [6.45, 7) is 1.25. The Hall–Kier alpha value is -2.05. The molecule has 7 heteroatoms. The molecule has 4 N–H and O–H groups in total. The van der Waals surface area contributed by atoms with Crippen LogP contribution in [0.4, 0.5) is 0 Å². The number of ether oxygens (including phenoxy) is 1. The number of nitrogens with one attached hydrogen (secondary N) is 2. The zero-order valence-electron chi connectivity index (χ0n) is 12.5. The molecule has 0 saturated heterocycles. The van der Waals surface area contributed by atoms with E-state index in [9.17, 15) is 4.79 Å². The maximum Gasteiger partial charge on any atom is 0.255 e. The van der Waals surface area contributed by atoms with E-state index >= 15 is 0 Å². The lowest BCUT2D eigenvalue weighted by atomic mass is 10.1. The first-order valence-electron chi connectivity index (χ1n) is 6.92. The van der Waals surface area contributed by atoms with Crippen molar-refractivity contribution < 1.29 is 9.53 Å². The van der Waals surface area contributed by atoms with Crippen LogP contribution < -0.4 is 15.8 Å². The number of aromatic nitrogens is 2. The second-order valence-corrected chi connectivity index (χ2v) is 4.64. The van der Waals surface area contributed by atoms with E-state index in [-0.39, 0.29) is 18.3 Å². The van der Waals surface area contributed by atoms with E-state index in [0.717, 1.165) is 24.2 Å². The predicted molar refractivity (Wildman–Crippen MR) is 88.4 cm³/mol. The normalized spacial score (nSPS) is 9.91. The highest BCUT2D eigenvalue weighted by atomic mass is 35.5. The molecule has 1 aromatic heterocycles. The number of carbonyl (C=O) groups is 1. The van der Waals surface area contributed by atoms with Gasteiger partial charge in [0.15, 0.2) is 0 Å². The van der Waals surface area contributed by atoms with Crippen molar-refractivity contribution in [3.63, 3.8) is 0 Å². The molecule has 0 radical (unpaired) electrons. The predicted octanol–water partition coefficient (Wildman–Crippen LogP) is 1.98. The quantitative estimate of drug-likeness (QED) is 0.679. The molecule has 2 rings (SSSR count). The summed E-state index contributed by atoms with van der Waals surface area (Å²) in [5, 5.41) is 9.71. The molecule has 2 aromatic rings. The van der Waals surface area contributed by atoms with E-state index in [1.54, 1.807) is 7.11 Å². The highest BCUT2D eigenvalue weighted by molar-refractivity contribution is 5.99. The second-order valence-electron chi connectivity index (χ2n) is 4.64. The van der Waals surface area contributed by atoms with Crippen LogP contribution in [0.15, 0.2) is 30.5 Å². The summed E-state index contributed by atoms with van der Waals surface area (Å²) in [5.74, 6) is 0.637. The summed E-state index contributed by atoms with van der Waals surface area (Å²) < 4.78 is 5.12. The molecule has 0 spiro atoms. The molecule has 0 fully saturated rings. The molecule has 0 bridgehead atoms. The van der Waals surface area contributed by atoms with Crippen LogP contribution in [0.3, 0.4) is 0 Å². The van der Waals surface area contributed by atoms with Gasteiger partial charge in [-0.05, 0) is 43.7 Å². The van der Waals surface area contributed by atoms with Crippen LogP contribution in [0.1, 0.15) is 23.2 Å². The molecule has 1 heterocycles. The summed E-state index contributed by atoms with van der Waals surface area (Å²) in [6, 6.07) is 7.47. The number of methoxy groups -OCH3 is 1. The third kappa shape index (κ3) is 4.47. The molecule has 0 aliphatic rings. The van der Waals surface area contributed by atoms with Gasteiger partial charge in [-0.3, -0.25) is 9.89 Å². The van der Waals surface area contributed by atoms with Gasteiger partial charge in [-0.15, -0.1) is 12.4 Å². The first-order valence-corrected chi connectivity index (χ1v) is 6.92. The van der Waals surface area contributed by atoms with Crippen molar-refractivity contribution >= 4 is 18.3 Å². The van der Waals surface area contributed by atoms with E-state index in [1.807, 2.05) is 24.3 Å². The van der Waals surface area contributed by atoms with E-state index in [0.29, 0.717) is 24.3 Å². The number of H-pyrrole nitrogens is 1. The maximum absolute atomic E-state index is 12.2. The topological polar surface area (TPSA) is 93.0 Å². The average Bonchev–Trinajstić information content (AvgIpc) is 3.01. The second kappa shape index (κ2) is 9.07. The van der Waals surface area contributed by atoms with Gasteiger partial charge in [0.2, 0.25) is 0 Å². The van der Waals surface area contributed by atoms with E-state index in [4.69, 9.17) is 10.5 Å². The van der Waals surface area contributed by atoms with Crippen molar-refractivity contribution in [1.29, 1.82) is 0 Å². The van der Waals surface area contributed by atoms with Crippen molar-refractivity contribution in [3.05, 3.63) is 36.0 Å². The fourth-order valence-electron chi connectivity index (χ4n) is 2.00. The Kier molecular flexibility index (Phi) is 7.42. The maximum atomic E-state index is 12.2. The van der Waals surface area contributed by atoms with E-state index < -0.39 is 0 Å². The van der Waals surface area contributed by atoms with Crippen LogP contribution in [0, 0.1) is 0 Å². The van der Waals surface area contributed by atoms with E-state index in [2.05, 4.69) is 15.5 Å². The minimum atomic E-state index is -0.133. The van der Waals surface area contributed by atoms with Crippen LogP contribution in [-0.2, 0) is 0 Å². The zero-order chi connectivity index (χ0) is 15.1. The SMILES string of the molecule is COc1ccc(-c2[nH]ncc2C(=O)NCCCCN)cc1.Cl. The molecule has 0 atom stereocenters. The summed E-state index contributed by atoms with van der Waals surface area (Å²) >= 11 is 0. The van der Waals surface area contributed by atoms with Gasteiger partial charge in [-0.2, -0.15) is 5.10 Å². The largest absolute Gasteiger partial charge is 0.497 e. The van der Waals surface area contributed by atoms with Crippen molar-refractivity contribution in [2.75, 3.05) is 20.2 Å². The van der Waals surface area contributed by atoms with Crippen LogP contribution in [0.2, 0.25) is 0 Å². The first-order chi connectivity index (χ1) is 10.3. The number of benzene rings is 1. The number of unbranched alkanes of at least 4 members (excludes halogenated alkanes) is 1. The van der Waals surface area contributed by atoms with Crippen LogP contribution in [0.5, 0.6) is 5.75 Å². The summed E-state index contributed by atoms with van der Waals surface area (Å²) in [6.07, 6.45) is 3.31. The fourth-order valence-corrected chi connectivity index (χ4v) is 2.00. The molecule has 0 unspecified atom stereocenters. The minimum Gasteiger partial charge on any atom is -0.497 e. The molecule has 120 valence electrons. The third-order valence-electron chi connectivity index (χ3n) is 3.18. The Bertz CT molecular complexity index is 583. The smallest absolute Gasteiger partial charge is 0.255 e. The van der Waals surface area contributed by atoms with Gasteiger partial charge in [0.05, 0.1) is 24.6 Å². The molecule has 0 aliphatic heterocycles. The van der Waals surface area contributed by atoms with Gasteiger partial charge in [-0.1, -0.05) is 0 Å². The van der Waals surface area contributed by atoms with E-state index in [1.165, 1.54) is 6.20 Å². The molecule has 1 aromatic carbocycles. The van der Waals surface area contributed by atoms with Crippen molar-refractivity contribution in [2.24, 2.45) is 5.73 Å². The van der Waals surface area contributed by atoms with Crippen molar-refractivity contribution in [1.82, 2.24) is 15.5 Å². The fraction of sp³-hybridized carbons (Fsp3) is 0.333. The van der Waals surface area contributed by atoms with Gasteiger partial charge >= 0.3 is 0 Å². The molecule has 0 aliphatic carbocycles. The van der Waals surface area contributed by atoms with Gasteiger partial charge in [0.25, 0.3) is 5.91 Å². The monoisotopic (exact) mass is 324 g/mol. The highest BCUT2D eigenvalue weighted by Crippen LogP contribution is 2.23. The Labute approximate surface area is 135 Å². The number of hydrogen-bond donors (Lipinski definition) is 3. The minimum absolute atomic E-state index is 0. The lowest BCUT2D eigenvalue weighted by Gasteiger charge is -2.06. The van der Waals surface area contributed by atoms with Crippen LogP contribution >= 0.6 is 12.4 Å². The van der Waals surface area contributed by atoms with Gasteiger partial charge < -0.3 is 15.8 Å². The Morgan fingerprint density at radius 3 is 2.68 bits per heavy atom. The number of nitrogens with zero attached hydrogens (tertiary/aromatic N) is 1. The van der Waals surface area contributed by atoms with Gasteiger partial charge in [0, 0.05) is 12.1 Å². The van der Waals surface area contributed by atoms with Crippen LogP contribution in [0.25, 0.3) is 11.3 Å². The van der Waals surface area contributed by atoms with Crippen molar-refractivity contribution in [3.8, 4) is 17.0 Å². The molecule has 0 saturated carbocycles. The Morgan fingerprint density at radius 2 is 2.05 bits per heavy atom. The third-order valence-corrected chi connectivity index (χ3v) is 3.18. The number of amides is 1. The number of aromatic amines is 1. The standard InChI is InChI=1S/C15H20N4O2.ClH/c1-21-12-6-4-11(5-7-12)14-13(10-18-19-14)15(20)17-9-3-2-8-16;/h4-7,10H,2-3,8-9,16H2,1H3,(H,17,20)(H,18,19);1H. The molecule has 6 nitrogen and oxygen atoms in total. The number of rotatable bonds is 7. The number of halogens is 1. The van der Waals surface area contributed by atoms with Crippen molar-refractivity contribution in [2.45, 2.75) is 12.8 Å². The lowest BCUT2D eigenvalue weighted by Crippen LogP contribution is -2.25. The molecule has 22 heavy (non-hydrogen) atoms. The average molecular weight is 325 g/mol.